The van der Waals surface area contributed by atoms with Crippen molar-refractivity contribution in [2.75, 3.05) is 0 Å². The van der Waals surface area contributed by atoms with Gasteiger partial charge in [-0.1, -0.05) is 28.1 Å². The van der Waals surface area contributed by atoms with Crippen LogP contribution < -0.4 is 0 Å². The summed E-state index contributed by atoms with van der Waals surface area (Å²) in [6.45, 7) is 0. The molecule has 0 spiro atoms. The molecule has 0 aliphatic heterocycles. The van der Waals surface area contributed by atoms with Gasteiger partial charge < -0.3 is 0 Å². The highest BCUT2D eigenvalue weighted by Gasteiger charge is 2.20. The molecule has 2 aromatic rings. The minimum absolute atomic E-state index is 0.0529. The van der Waals surface area contributed by atoms with Gasteiger partial charge in [0.25, 0.3) is 0 Å². The summed E-state index contributed by atoms with van der Waals surface area (Å²) in [6, 6.07) is 16.1. The minimum atomic E-state index is -3.87. The summed E-state index contributed by atoms with van der Waals surface area (Å²) >= 11 is 3.23. The lowest BCUT2D eigenvalue weighted by Gasteiger charge is -2.03. The number of halogens is 1. The Hall–Kier alpha value is -2.41. The van der Waals surface area contributed by atoms with Crippen LogP contribution >= 0.6 is 15.9 Å². The average molecular weight is 373 g/mol. The number of nitriles is 2. The second kappa shape index (κ2) is 6.57. The summed E-state index contributed by atoms with van der Waals surface area (Å²) in [4.78, 5) is -0.295. The highest BCUT2D eigenvalue weighted by atomic mass is 79.9. The van der Waals surface area contributed by atoms with Gasteiger partial charge in [-0.05, 0) is 48.0 Å². The predicted octanol–water partition coefficient (Wildman–Crippen LogP) is 3.66. The molecule has 0 saturated carbocycles. The number of benzene rings is 2. The number of sulfone groups is 1. The van der Waals surface area contributed by atoms with Gasteiger partial charge in [-0.25, -0.2) is 8.42 Å². The van der Waals surface area contributed by atoms with E-state index in [1.807, 2.05) is 6.07 Å². The van der Waals surface area contributed by atoms with Gasteiger partial charge >= 0.3 is 0 Å². The number of hydrogen-bond donors (Lipinski definition) is 0. The Morgan fingerprint density at radius 3 is 2.09 bits per heavy atom. The molecular weight excluding hydrogens is 364 g/mol. The van der Waals surface area contributed by atoms with E-state index in [-0.39, 0.29) is 9.80 Å². The van der Waals surface area contributed by atoms with E-state index in [0.29, 0.717) is 11.1 Å². The summed E-state index contributed by atoms with van der Waals surface area (Å²) in [5.41, 5.74) is 1.00. The Morgan fingerprint density at radius 2 is 1.59 bits per heavy atom. The molecule has 2 aromatic carbocycles. The fourth-order valence-corrected chi connectivity index (χ4v) is 3.14. The van der Waals surface area contributed by atoms with Crippen LogP contribution in [0.2, 0.25) is 0 Å². The first-order valence-corrected chi connectivity index (χ1v) is 8.37. The molecule has 108 valence electrons. The number of nitrogens with zero attached hydrogens (tertiary/aromatic N) is 2. The first kappa shape index (κ1) is 16.0. The normalized spacial score (nSPS) is 11.5. The van der Waals surface area contributed by atoms with Crippen molar-refractivity contribution in [1.82, 2.24) is 0 Å². The van der Waals surface area contributed by atoms with Crippen LogP contribution in [0, 0.1) is 22.7 Å². The molecule has 22 heavy (non-hydrogen) atoms. The summed E-state index contributed by atoms with van der Waals surface area (Å²) in [6.07, 6.45) is 1.29. The molecular formula is C16H9BrN2O2S. The molecule has 2 rings (SSSR count). The van der Waals surface area contributed by atoms with Crippen molar-refractivity contribution in [3.8, 4) is 12.1 Å². The zero-order chi connectivity index (χ0) is 16.2. The van der Waals surface area contributed by atoms with Crippen LogP contribution in [0.25, 0.3) is 6.08 Å². The molecule has 6 heteroatoms. The van der Waals surface area contributed by atoms with Crippen LogP contribution in [0.3, 0.4) is 0 Å². The van der Waals surface area contributed by atoms with Crippen molar-refractivity contribution >= 4 is 31.8 Å². The van der Waals surface area contributed by atoms with Gasteiger partial charge in [0.1, 0.15) is 11.0 Å². The standard InChI is InChI=1S/C16H9BrN2O2S/c17-14-5-7-15(8-6-14)22(20,21)16(11-19)9-12-1-3-13(10-18)4-2-12/h1-9H/b16-9+. The third-order valence-corrected chi connectivity index (χ3v) is 5.07. The molecule has 0 bridgehead atoms. The molecule has 0 fully saturated rings. The molecule has 0 aromatic heterocycles. The van der Waals surface area contributed by atoms with E-state index in [0.717, 1.165) is 4.47 Å². The quantitative estimate of drug-likeness (QED) is 0.769. The Kier molecular flexibility index (Phi) is 4.77. The lowest BCUT2D eigenvalue weighted by atomic mass is 10.1. The monoisotopic (exact) mass is 372 g/mol. The molecule has 0 amide bonds. The topological polar surface area (TPSA) is 81.7 Å². The van der Waals surface area contributed by atoms with E-state index in [1.165, 1.54) is 18.2 Å². The zero-order valence-electron chi connectivity index (χ0n) is 11.2. The average Bonchev–Trinajstić information content (AvgIpc) is 2.53. The van der Waals surface area contributed by atoms with Crippen molar-refractivity contribution in [3.05, 3.63) is 69.0 Å². The molecule has 0 radical (unpaired) electrons. The van der Waals surface area contributed by atoms with Gasteiger partial charge in [0, 0.05) is 4.47 Å². The van der Waals surface area contributed by atoms with Crippen LogP contribution in [0.4, 0.5) is 0 Å². The molecule has 0 N–H and O–H groups in total. The van der Waals surface area contributed by atoms with E-state index < -0.39 is 9.84 Å². The Bertz CT molecular complexity index is 901. The van der Waals surface area contributed by atoms with E-state index >= 15 is 0 Å². The van der Waals surface area contributed by atoms with Gasteiger partial charge in [0.05, 0.1) is 16.5 Å². The summed E-state index contributed by atoms with van der Waals surface area (Å²) in [7, 11) is -3.87. The Morgan fingerprint density at radius 1 is 1.00 bits per heavy atom. The van der Waals surface area contributed by atoms with Crippen molar-refractivity contribution in [2.24, 2.45) is 0 Å². The highest BCUT2D eigenvalue weighted by molar-refractivity contribution is 9.10. The number of rotatable bonds is 3. The van der Waals surface area contributed by atoms with Crippen LogP contribution in [-0.4, -0.2) is 8.42 Å². The van der Waals surface area contributed by atoms with E-state index in [1.54, 1.807) is 42.5 Å². The third kappa shape index (κ3) is 3.43. The van der Waals surface area contributed by atoms with Gasteiger partial charge in [0.15, 0.2) is 0 Å². The van der Waals surface area contributed by atoms with Gasteiger partial charge in [-0.2, -0.15) is 10.5 Å². The minimum Gasteiger partial charge on any atom is -0.218 e. The Balaban J connectivity index is 2.46. The SMILES string of the molecule is N#C/C(=C\c1ccc(C#N)cc1)S(=O)(=O)c1ccc(Br)cc1. The van der Waals surface area contributed by atoms with E-state index in [9.17, 15) is 13.7 Å². The summed E-state index contributed by atoms with van der Waals surface area (Å²) in [5.74, 6) is 0. The molecule has 0 aliphatic rings. The maximum atomic E-state index is 12.4. The Labute approximate surface area is 137 Å². The highest BCUT2D eigenvalue weighted by Crippen LogP contribution is 2.23. The van der Waals surface area contributed by atoms with Crippen molar-refractivity contribution in [3.63, 3.8) is 0 Å². The first-order chi connectivity index (χ1) is 10.5. The van der Waals surface area contributed by atoms with Crippen molar-refractivity contribution in [2.45, 2.75) is 4.90 Å². The third-order valence-electron chi connectivity index (χ3n) is 2.86. The molecule has 0 saturated heterocycles. The second-order valence-electron chi connectivity index (χ2n) is 4.31. The molecule has 0 unspecified atom stereocenters. The van der Waals surface area contributed by atoms with Crippen LogP contribution in [0.5, 0.6) is 0 Å². The van der Waals surface area contributed by atoms with Crippen LogP contribution in [0.15, 0.2) is 62.8 Å². The molecule has 0 aliphatic carbocycles. The van der Waals surface area contributed by atoms with Crippen molar-refractivity contribution in [1.29, 1.82) is 10.5 Å². The molecule has 0 heterocycles. The number of allylic oxidation sites excluding steroid dienone is 1. The maximum Gasteiger partial charge on any atom is 0.216 e. The van der Waals surface area contributed by atoms with Gasteiger partial charge in [-0.3, -0.25) is 0 Å². The summed E-state index contributed by atoms with van der Waals surface area (Å²) < 4.78 is 25.6. The van der Waals surface area contributed by atoms with Gasteiger partial charge in [0.2, 0.25) is 9.84 Å². The first-order valence-electron chi connectivity index (χ1n) is 6.10. The maximum absolute atomic E-state index is 12.4. The van der Waals surface area contributed by atoms with Gasteiger partial charge in [-0.15, -0.1) is 0 Å². The van der Waals surface area contributed by atoms with Crippen molar-refractivity contribution < 1.29 is 8.42 Å². The largest absolute Gasteiger partial charge is 0.218 e. The molecule has 4 nitrogen and oxygen atoms in total. The van der Waals surface area contributed by atoms with E-state index in [4.69, 9.17) is 5.26 Å². The fraction of sp³-hybridized carbons (Fsp3) is 0. The number of hydrogen-bond acceptors (Lipinski definition) is 4. The van der Waals surface area contributed by atoms with Crippen LogP contribution in [-0.2, 0) is 9.84 Å². The summed E-state index contributed by atoms with van der Waals surface area (Å²) in [5, 5.41) is 17.9. The zero-order valence-corrected chi connectivity index (χ0v) is 13.6. The fourth-order valence-electron chi connectivity index (χ4n) is 1.72. The lowest BCUT2D eigenvalue weighted by Crippen LogP contribution is -2.03. The van der Waals surface area contributed by atoms with E-state index in [2.05, 4.69) is 15.9 Å². The smallest absolute Gasteiger partial charge is 0.216 e. The molecule has 0 atom stereocenters. The predicted molar refractivity (Wildman–Crippen MR) is 86.1 cm³/mol. The lowest BCUT2D eigenvalue weighted by molar-refractivity contribution is 0.603. The second-order valence-corrected chi connectivity index (χ2v) is 7.15. The van der Waals surface area contributed by atoms with Crippen LogP contribution in [0.1, 0.15) is 11.1 Å².